The van der Waals surface area contributed by atoms with Crippen LogP contribution in [-0.4, -0.2) is 34.0 Å². The molecule has 2 fully saturated rings. The smallest absolute Gasteiger partial charge is 0.412 e. The lowest BCUT2D eigenvalue weighted by molar-refractivity contribution is -0.0297. The van der Waals surface area contributed by atoms with E-state index in [0.29, 0.717) is 12.3 Å². The first-order valence-electron chi connectivity index (χ1n) is 5.58. The van der Waals surface area contributed by atoms with Crippen molar-refractivity contribution < 1.29 is 14.6 Å². The van der Waals surface area contributed by atoms with Gasteiger partial charge in [-0.1, -0.05) is 0 Å². The molecular weight excluding hydrogens is 194 g/mol. The maximum absolute atomic E-state index is 11.8. The molecule has 0 radical (unpaired) electrons. The fourth-order valence-electron chi connectivity index (χ4n) is 2.37. The van der Waals surface area contributed by atoms with E-state index in [1.807, 2.05) is 20.8 Å². The molecule has 1 aliphatic carbocycles. The maximum atomic E-state index is 11.8. The number of nitrogens with zero attached hydrogens (tertiary/aromatic N) is 1. The molecule has 3 atom stereocenters. The summed E-state index contributed by atoms with van der Waals surface area (Å²) in [5.74, 6) is 0.493. The Morgan fingerprint density at radius 3 is 2.47 bits per heavy atom. The van der Waals surface area contributed by atoms with E-state index in [4.69, 9.17) is 4.74 Å². The SMILES string of the molecule is CC(C)(C)OC(=O)N1C(O)CC2CCC21. The lowest BCUT2D eigenvalue weighted by Gasteiger charge is -2.36. The van der Waals surface area contributed by atoms with Crippen LogP contribution < -0.4 is 0 Å². The highest BCUT2D eigenvalue weighted by Crippen LogP contribution is 2.43. The molecule has 4 heteroatoms. The molecule has 0 spiro atoms. The first-order valence-corrected chi connectivity index (χ1v) is 5.58. The van der Waals surface area contributed by atoms with E-state index in [1.54, 1.807) is 0 Å². The first-order chi connectivity index (χ1) is 6.88. The zero-order valence-corrected chi connectivity index (χ0v) is 9.56. The third kappa shape index (κ3) is 1.95. The molecule has 1 saturated carbocycles. The summed E-state index contributed by atoms with van der Waals surface area (Å²) >= 11 is 0. The van der Waals surface area contributed by atoms with Gasteiger partial charge in [-0.05, 0) is 46.0 Å². The van der Waals surface area contributed by atoms with E-state index in [1.165, 1.54) is 4.90 Å². The molecule has 4 nitrogen and oxygen atoms in total. The third-order valence-electron chi connectivity index (χ3n) is 3.17. The Labute approximate surface area is 90.2 Å². The topological polar surface area (TPSA) is 49.8 Å². The van der Waals surface area contributed by atoms with E-state index in [9.17, 15) is 9.90 Å². The summed E-state index contributed by atoms with van der Waals surface area (Å²) in [5, 5.41) is 9.76. The van der Waals surface area contributed by atoms with Crippen LogP contribution in [0.3, 0.4) is 0 Å². The minimum Gasteiger partial charge on any atom is -0.444 e. The monoisotopic (exact) mass is 213 g/mol. The van der Waals surface area contributed by atoms with Gasteiger partial charge in [-0.3, -0.25) is 4.90 Å². The molecule has 86 valence electrons. The van der Waals surface area contributed by atoms with Crippen LogP contribution >= 0.6 is 0 Å². The van der Waals surface area contributed by atoms with Crippen molar-refractivity contribution in [2.75, 3.05) is 0 Å². The number of carbonyl (C=O) groups is 1. The fraction of sp³-hybridized carbons (Fsp3) is 0.909. The van der Waals surface area contributed by atoms with Gasteiger partial charge in [0.1, 0.15) is 11.8 Å². The highest BCUT2D eigenvalue weighted by Gasteiger charge is 2.49. The highest BCUT2D eigenvalue weighted by atomic mass is 16.6. The minimum atomic E-state index is -0.641. The van der Waals surface area contributed by atoms with Crippen molar-refractivity contribution >= 4 is 6.09 Å². The molecule has 0 aromatic carbocycles. The Kier molecular flexibility index (Phi) is 2.41. The van der Waals surface area contributed by atoms with Gasteiger partial charge in [-0.25, -0.2) is 4.79 Å². The summed E-state index contributed by atoms with van der Waals surface area (Å²) < 4.78 is 5.27. The molecule has 1 N–H and O–H groups in total. The van der Waals surface area contributed by atoms with Crippen molar-refractivity contribution in [3.8, 4) is 0 Å². The van der Waals surface area contributed by atoms with Crippen molar-refractivity contribution in [3.05, 3.63) is 0 Å². The van der Waals surface area contributed by atoms with Crippen LogP contribution in [0.2, 0.25) is 0 Å². The zero-order valence-electron chi connectivity index (χ0n) is 9.56. The number of hydrogen-bond donors (Lipinski definition) is 1. The lowest BCUT2D eigenvalue weighted by Crippen LogP contribution is -2.47. The Bertz CT molecular complexity index is 271. The average molecular weight is 213 g/mol. The molecule has 3 unspecified atom stereocenters. The minimum absolute atomic E-state index is 0.217. The molecule has 2 aliphatic rings. The standard InChI is InChI=1S/C11H19NO3/c1-11(2,3)15-10(14)12-8-5-4-7(8)6-9(12)13/h7-9,13H,4-6H2,1-3H3. The predicted molar refractivity (Wildman–Crippen MR) is 55.2 cm³/mol. The maximum Gasteiger partial charge on any atom is 0.412 e. The lowest BCUT2D eigenvalue weighted by atomic mass is 9.80. The molecule has 1 amide bonds. The number of ether oxygens (including phenoxy) is 1. The fourth-order valence-corrected chi connectivity index (χ4v) is 2.37. The van der Waals surface area contributed by atoms with Crippen LogP contribution in [0, 0.1) is 5.92 Å². The summed E-state index contributed by atoms with van der Waals surface area (Å²) in [6, 6.07) is 0.217. The van der Waals surface area contributed by atoms with E-state index in [0.717, 1.165) is 12.8 Å². The summed E-state index contributed by atoms with van der Waals surface area (Å²) in [7, 11) is 0. The number of amides is 1. The van der Waals surface area contributed by atoms with Gasteiger partial charge in [0.15, 0.2) is 0 Å². The highest BCUT2D eigenvalue weighted by molar-refractivity contribution is 5.69. The van der Waals surface area contributed by atoms with Crippen LogP contribution in [0.25, 0.3) is 0 Å². The Morgan fingerprint density at radius 2 is 2.07 bits per heavy atom. The summed E-state index contributed by atoms with van der Waals surface area (Å²) in [4.78, 5) is 13.3. The second-order valence-corrected chi connectivity index (χ2v) is 5.51. The molecule has 1 aliphatic heterocycles. The van der Waals surface area contributed by atoms with Crippen LogP contribution in [0.15, 0.2) is 0 Å². The second-order valence-electron chi connectivity index (χ2n) is 5.51. The van der Waals surface area contributed by atoms with Gasteiger partial charge in [0.25, 0.3) is 0 Å². The summed E-state index contributed by atoms with van der Waals surface area (Å²) in [6.07, 6.45) is 1.82. The van der Waals surface area contributed by atoms with Gasteiger partial charge in [0.2, 0.25) is 0 Å². The summed E-state index contributed by atoms with van der Waals surface area (Å²) in [5.41, 5.74) is -0.487. The van der Waals surface area contributed by atoms with Gasteiger partial charge in [-0.2, -0.15) is 0 Å². The zero-order chi connectivity index (χ0) is 11.2. The molecule has 0 bridgehead atoms. The summed E-state index contributed by atoms with van der Waals surface area (Å²) in [6.45, 7) is 5.52. The number of likely N-dealkylation sites (tertiary alicyclic amines) is 1. The number of fused-ring (bicyclic) bond motifs is 1. The normalized spacial score (nSPS) is 34.7. The van der Waals surface area contributed by atoms with Gasteiger partial charge in [0, 0.05) is 6.04 Å². The van der Waals surface area contributed by atoms with Crippen LogP contribution in [0.4, 0.5) is 4.79 Å². The molecule has 0 aromatic heterocycles. The van der Waals surface area contributed by atoms with Gasteiger partial charge in [0.05, 0.1) is 0 Å². The second kappa shape index (κ2) is 3.37. The predicted octanol–water partition coefficient (Wildman–Crippen LogP) is 1.72. The Hall–Kier alpha value is -0.770. The van der Waals surface area contributed by atoms with Crippen molar-refractivity contribution in [3.63, 3.8) is 0 Å². The number of hydrogen-bond acceptors (Lipinski definition) is 3. The molecule has 15 heavy (non-hydrogen) atoms. The first kappa shape index (κ1) is 10.7. The van der Waals surface area contributed by atoms with Crippen molar-refractivity contribution in [1.29, 1.82) is 0 Å². The third-order valence-corrected chi connectivity index (χ3v) is 3.17. The van der Waals surface area contributed by atoms with E-state index < -0.39 is 11.8 Å². The average Bonchev–Trinajstić information content (AvgIpc) is 2.23. The van der Waals surface area contributed by atoms with E-state index >= 15 is 0 Å². The Morgan fingerprint density at radius 1 is 1.40 bits per heavy atom. The van der Waals surface area contributed by atoms with Gasteiger partial charge >= 0.3 is 6.09 Å². The Balaban J connectivity index is 2.01. The molecule has 2 rings (SSSR count). The van der Waals surface area contributed by atoms with Crippen molar-refractivity contribution in [1.82, 2.24) is 4.90 Å². The molecule has 0 aromatic rings. The van der Waals surface area contributed by atoms with E-state index in [-0.39, 0.29) is 12.1 Å². The van der Waals surface area contributed by atoms with Gasteiger partial charge < -0.3 is 9.84 Å². The largest absolute Gasteiger partial charge is 0.444 e. The van der Waals surface area contributed by atoms with Gasteiger partial charge in [-0.15, -0.1) is 0 Å². The van der Waals surface area contributed by atoms with Crippen LogP contribution in [-0.2, 0) is 4.74 Å². The molecule has 1 saturated heterocycles. The number of aliphatic hydroxyl groups is 1. The van der Waals surface area contributed by atoms with E-state index in [2.05, 4.69) is 0 Å². The number of carbonyl (C=O) groups excluding carboxylic acids is 1. The quantitative estimate of drug-likeness (QED) is 0.666. The number of aliphatic hydroxyl groups excluding tert-OH is 1. The van der Waals surface area contributed by atoms with Crippen molar-refractivity contribution in [2.24, 2.45) is 5.92 Å². The molecular formula is C11H19NO3. The van der Waals surface area contributed by atoms with Crippen LogP contribution in [0.1, 0.15) is 40.0 Å². The number of rotatable bonds is 0. The molecule has 1 heterocycles. The van der Waals surface area contributed by atoms with Crippen LogP contribution in [0.5, 0.6) is 0 Å². The van der Waals surface area contributed by atoms with Crippen molar-refractivity contribution in [2.45, 2.75) is 57.9 Å².